The number of piperidine rings is 1. The molecule has 2 rings (SSSR count). The van der Waals surface area contributed by atoms with Crippen LogP contribution in [0.5, 0.6) is 0 Å². The molecule has 2 aliphatic heterocycles. The summed E-state index contributed by atoms with van der Waals surface area (Å²) in [6.45, 7) is 7.84. The molecule has 0 spiro atoms. The lowest BCUT2D eigenvalue weighted by atomic mass is 9.93. The summed E-state index contributed by atoms with van der Waals surface area (Å²) in [5.41, 5.74) is 0. The largest absolute Gasteiger partial charge is 0.355 e. The molecule has 2 saturated heterocycles. The molecule has 0 radical (unpaired) electrons. The fourth-order valence-corrected chi connectivity index (χ4v) is 2.85. The molecule has 0 aliphatic carbocycles. The molecule has 0 aromatic carbocycles. The third-order valence-electron chi connectivity index (χ3n) is 4.24. The molecule has 20 heavy (non-hydrogen) atoms. The quantitative estimate of drug-likeness (QED) is 0.783. The van der Waals surface area contributed by atoms with Crippen molar-refractivity contribution in [3.05, 3.63) is 0 Å². The predicted octanol–water partition coefficient (Wildman–Crippen LogP) is 1.82. The van der Waals surface area contributed by atoms with E-state index in [2.05, 4.69) is 22.5 Å². The monoisotopic (exact) mass is 325 g/mol. The number of likely N-dealkylation sites (tertiary alicyclic amines) is 1. The lowest BCUT2D eigenvalue weighted by Crippen LogP contribution is -2.53. The summed E-state index contributed by atoms with van der Waals surface area (Å²) in [5, 5.41) is 6.19. The Hall–Kier alpha value is -0.0300. The molecule has 2 heterocycles. The van der Waals surface area contributed by atoms with Crippen molar-refractivity contribution < 1.29 is 4.79 Å². The van der Waals surface area contributed by atoms with Gasteiger partial charge in [0.1, 0.15) is 0 Å². The van der Waals surface area contributed by atoms with E-state index in [0.717, 1.165) is 31.8 Å². The van der Waals surface area contributed by atoms with Crippen molar-refractivity contribution in [2.75, 3.05) is 32.7 Å². The first kappa shape index (κ1) is 20.0. The first-order chi connectivity index (χ1) is 8.79. The molecular weight excluding hydrogens is 297 g/mol. The summed E-state index contributed by atoms with van der Waals surface area (Å²) in [5.74, 6) is 1.01. The van der Waals surface area contributed by atoms with Gasteiger partial charge in [0.15, 0.2) is 0 Å². The molecule has 120 valence electrons. The van der Waals surface area contributed by atoms with Gasteiger partial charge in [0.05, 0.1) is 6.04 Å². The summed E-state index contributed by atoms with van der Waals surface area (Å²) in [7, 11) is 0. The zero-order chi connectivity index (χ0) is 12.8. The Bertz CT molecular complexity index is 267. The topological polar surface area (TPSA) is 44.4 Å². The van der Waals surface area contributed by atoms with Crippen molar-refractivity contribution in [1.82, 2.24) is 15.5 Å². The van der Waals surface area contributed by atoms with Crippen LogP contribution in [-0.2, 0) is 4.79 Å². The smallest absolute Gasteiger partial charge is 0.237 e. The van der Waals surface area contributed by atoms with Gasteiger partial charge in [-0.3, -0.25) is 4.79 Å². The molecule has 2 N–H and O–H groups in total. The van der Waals surface area contributed by atoms with Crippen LogP contribution in [0.3, 0.4) is 0 Å². The number of carbonyl (C=O) groups excluding carboxylic acids is 1. The van der Waals surface area contributed by atoms with Gasteiger partial charge >= 0.3 is 0 Å². The summed E-state index contributed by atoms with van der Waals surface area (Å²) >= 11 is 0. The standard InChI is InChI=1S/C14H27N3O.2ClH/c1-2-9-17-10-5-12(6-11-17)3-7-16-14(18)13-4-8-15-13;;/h12-13,15H,2-11H2,1H3,(H,16,18);2*1H. The number of carbonyl (C=O) groups is 1. The van der Waals surface area contributed by atoms with E-state index in [1.807, 2.05) is 0 Å². The van der Waals surface area contributed by atoms with Crippen LogP contribution in [0.2, 0.25) is 0 Å². The number of hydrogen-bond donors (Lipinski definition) is 2. The zero-order valence-electron chi connectivity index (χ0n) is 12.4. The molecule has 6 heteroatoms. The van der Waals surface area contributed by atoms with E-state index < -0.39 is 0 Å². The van der Waals surface area contributed by atoms with Crippen molar-refractivity contribution in [2.45, 2.75) is 45.1 Å². The molecule has 0 aromatic rings. The first-order valence-electron chi connectivity index (χ1n) is 7.53. The number of amides is 1. The van der Waals surface area contributed by atoms with E-state index in [-0.39, 0.29) is 36.8 Å². The lowest BCUT2D eigenvalue weighted by molar-refractivity contribution is -0.124. The maximum absolute atomic E-state index is 11.6. The van der Waals surface area contributed by atoms with Gasteiger partial charge < -0.3 is 15.5 Å². The van der Waals surface area contributed by atoms with Gasteiger partial charge in [0, 0.05) is 6.54 Å². The normalized spacial score (nSPS) is 23.1. The van der Waals surface area contributed by atoms with Crippen LogP contribution in [0, 0.1) is 5.92 Å². The van der Waals surface area contributed by atoms with Crippen LogP contribution in [0.25, 0.3) is 0 Å². The SMILES string of the molecule is CCCN1CCC(CCNC(=O)C2CCN2)CC1.Cl.Cl. The predicted molar refractivity (Wildman–Crippen MR) is 88.0 cm³/mol. The van der Waals surface area contributed by atoms with Gasteiger partial charge in [-0.2, -0.15) is 0 Å². The van der Waals surface area contributed by atoms with Crippen molar-refractivity contribution in [3.63, 3.8) is 0 Å². The van der Waals surface area contributed by atoms with Crippen LogP contribution >= 0.6 is 24.8 Å². The Morgan fingerprint density at radius 2 is 1.90 bits per heavy atom. The number of hydrogen-bond acceptors (Lipinski definition) is 3. The van der Waals surface area contributed by atoms with Crippen molar-refractivity contribution in [1.29, 1.82) is 0 Å². The first-order valence-corrected chi connectivity index (χ1v) is 7.53. The Kier molecular flexibility index (Phi) is 10.6. The van der Waals surface area contributed by atoms with Gasteiger partial charge in [-0.25, -0.2) is 0 Å². The second kappa shape index (κ2) is 10.7. The molecule has 0 bridgehead atoms. The Labute approximate surface area is 135 Å². The minimum atomic E-state index is 0. The van der Waals surface area contributed by atoms with Crippen LogP contribution in [0.1, 0.15) is 39.0 Å². The molecule has 2 aliphatic rings. The Morgan fingerprint density at radius 3 is 2.40 bits per heavy atom. The summed E-state index contributed by atoms with van der Waals surface area (Å²) < 4.78 is 0. The van der Waals surface area contributed by atoms with Crippen LogP contribution in [0.4, 0.5) is 0 Å². The number of nitrogens with one attached hydrogen (secondary N) is 2. The number of rotatable bonds is 6. The Morgan fingerprint density at radius 1 is 1.25 bits per heavy atom. The highest BCUT2D eigenvalue weighted by Gasteiger charge is 2.24. The average molecular weight is 326 g/mol. The Balaban J connectivity index is 0.00000180. The van der Waals surface area contributed by atoms with Gasteiger partial charge in [-0.05, 0) is 64.2 Å². The highest BCUT2D eigenvalue weighted by atomic mass is 35.5. The summed E-state index contributed by atoms with van der Waals surface area (Å²) in [6.07, 6.45) is 6.02. The molecular formula is C14H29Cl2N3O. The van der Waals surface area contributed by atoms with Crippen molar-refractivity contribution >= 4 is 30.7 Å². The van der Waals surface area contributed by atoms with Gasteiger partial charge in [-0.15, -0.1) is 24.8 Å². The highest BCUT2D eigenvalue weighted by Crippen LogP contribution is 2.20. The minimum absolute atomic E-state index is 0. The van der Waals surface area contributed by atoms with E-state index in [1.54, 1.807) is 0 Å². The molecule has 0 saturated carbocycles. The van der Waals surface area contributed by atoms with Gasteiger partial charge in [-0.1, -0.05) is 6.92 Å². The average Bonchev–Trinajstić information content (AvgIpc) is 2.29. The zero-order valence-corrected chi connectivity index (χ0v) is 14.0. The van der Waals surface area contributed by atoms with Crippen LogP contribution in [-0.4, -0.2) is 49.6 Å². The fourth-order valence-electron chi connectivity index (χ4n) is 2.85. The van der Waals surface area contributed by atoms with E-state index in [4.69, 9.17) is 0 Å². The fraction of sp³-hybridized carbons (Fsp3) is 0.929. The van der Waals surface area contributed by atoms with Crippen molar-refractivity contribution in [3.8, 4) is 0 Å². The minimum Gasteiger partial charge on any atom is -0.355 e. The van der Waals surface area contributed by atoms with Crippen LogP contribution < -0.4 is 10.6 Å². The lowest BCUT2D eigenvalue weighted by Gasteiger charge is -2.32. The molecule has 1 atom stereocenters. The molecule has 2 fully saturated rings. The number of halogens is 2. The summed E-state index contributed by atoms with van der Waals surface area (Å²) in [4.78, 5) is 14.2. The van der Waals surface area contributed by atoms with Crippen molar-refractivity contribution in [2.24, 2.45) is 5.92 Å². The maximum Gasteiger partial charge on any atom is 0.237 e. The van der Waals surface area contributed by atoms with E-state index >= 15 is 0 Å². The second-order valence-electron chi connectivity index (χ2n) is 5.66. The maximum atomic E-state index is 11.6. The van der Waals surface area contributed by atoms with Gasteiger partial charge in [0.2, 0.25) is 5.91 Å². The van der Waals surface area contributed by atoms with E-state index in [0.29, 0.717) is 0 Å². The third-order valence-corrected chi connectivity index (χ3v) is 4.24. The highest BCUT2D eigenvalue weighted by molar-refractivity contribution is 5.85. The molecule has 0 aromatic heterocycles. The van der Waals surface area contributed by atoms with Gasteiger partial charge in [0.25, 0.3) is 0 Å². The molecule has 4 nitrogen and oxygen atoms in total. The second-order valence-corrected chi connectivity index (χ2v) is 5.66. The number of nitrogens with zero attached hydrogens (tertiary/aromatic N) is 1. The molecule has 1 amide bonds. The van der Waals surface area contributed by atoms with E-state index in [9.17, 15) is 4.79 Å². The van der Waals surface area contributed by atoms with Crippen LogP contribution in [0.15, 0.2) is 0 Å². The third kappa shape index (κ3) is 6.17. The molecule has 1 unspecified atom stereocenters. The summed E-state index contributed by atoms with van der Waals surface area (Å²) in [6, 6.07) is 0.0939. The van der Waals surface area contributed by atoms with E-state index in [1.165, 1.54) is 38.9 Å².